The Kier molecular flexibility index (Phi) is 4.01. The number of thiazole rings is 1. The monoisotopic (exact) mass is 301 g/mol. The molecule has 2 rings (SSSR count). The fourth-order valence-electron chi connectivity index (χ4n) is 1.26. The van der Waals surface area contributed by atoms with Crippen molar-refractivity contribution in [3.8, 4) is 5.40 Å². The third-order valence-corrected chi connectivity index (χ3v) is 3.77. The second-order valence-corrected chi connectivity index (χ2v) is 5.27. The van der Waals surface area contributed by atoms with E-state index in [9.17, 15) is 9.18 Å². The van der Waals surface area contributed by atoms with E-state index in [0.29, 0.717) is 15.3 Å². The van der Waals surface area contributed by atoms with Crippen LogP contribution in [0.25, 0.3) is 10.2 Å². The number of aromatic nitrogens is 1. The smallest absolute Gasteiger partial charge is 0.241 e. The van der Waals surface area contributed by atoms with Crippen molar-refractivity contribution >= 4 is 56.0 Å². The summed E-state index contributed by atoms with van der Waals surface area (Å²) in [6.07, 6.45) is 0. The summed E-state index contributed by atoms with van der Waals surface area (Å²) in [5.41, 5.74) is 0.435. The molecule has 8 heteroatoms. The second kappa shape index (κ2) is 5.52. The number of benzene rings is 1. The average Bonchev–Trinajstić information content (AvgIpc) is 2.71. The average molecular weight is 302 g/mol. The molecule has 0 radical (unpaired) electrons. The van der Waals surface area contributed by atoms with Gasteiger partial charge in [0.05, 0.1) is 15.1 Å². The van der Waals surface area contributed by atoms with E-state index in [-0.39, 0.29) is 16.7 Å². The number of hydrogen-bond acceptors (Lipinski definition) is 5. The van der Waals surface area contributed by atoms with E-state index in [0.717, 1.165) is 11.8 Å². The van der Waals surface area contributed by atoms with Crippen LogP contribution in [0, 0.1) is 16.5 Å². The fourth-order valence-corrected chi connectivity index (χ4v) is 2.74. The number of amides is 1. The molecule has 1 heterocycles. The number of thiocyanates is 1. The molecule has 0 bridgehead atoms. The molecule has 0 aliphatic heterocycles. The van der Waals surface area contributed by atoms with Gasteiger partial charge in [-0.1, -0.05) is 11.3 Å². The van der Waals surface area contributed by atoms with Crippen molar-refractivity contribution in [2.45, 2.75) is 4.90 Å². The van der Waals surface area contributed by atoms with Crippen LogP contribution in [-0.2, 0) is 4.79 Å². The largest absolute Gasteiger partial charge is 0.301 e. The lowest BCUT2D eigenvalue weighted by molar-refractivity contribution is -0.113. The van der Waals surface area contributed by atoms with Crippen LogP contribution in [-0.4, -0.2) is 16.8 Å². The van der Waals surface area contributed by atoms with Crippen molar-refractivity contribution in [1.82, 2.24) is 4.98 Å². The topological polar surface area (TPSA) is 65.8 Å². The molecule has 0 fully saturated rings. The summed E-state index contributed by atoms with van der Waals surface area (Å²) in [6.45, 7) is 0. The highest BCUT2D eigenvalue weighted by molar-refractivity contribution is 8.03. The molecule has 1 amide bonds. The van der Waals surface area contributed by atoms with E-state index < -0.39 is 5.82 Å². The normalized spacial score (nSPS) is 10.3. The predicted molar refractivity (Wildman–Crippen MR) is 70.4 cm³/mol. The molecule has 18 heavy (non-hydrogen) atoms. The fraction of sp³-hybridized carbons (Fsp3) is 0.100. The molecular weight excluding hydrogens is 297 g/mol. The van der Waals surface area contributed by atoms with Crippen molar-refractivity contribution in [1.29, 1.82) is 5.26 Å². The third-order valence-electron chi connectivity index (χ3n) is 1.97. The molecule has 0 spiro atoms. The zero-order valence-electron chi connectivity index (χ0n) is 8.74. The van der Waals surface area contributed by atoms with Crippen molar-refractivity contribution in [3.63, 3.8) is 0 Å². The highest BCUT2D eigenvalue weighted by atomic mass is 35.5. The Morgan fingerprint density at radius 3 is 3.11 bits per heavy atom. The van der Waals surface area contributed by atoms with Gasteiger partial charge in [0.15, 0.2) is 5.13 Å². The van der Waals surface area contributed by atoms with Gasteiger partial charge in [-0.05, 0) is 17.8 Å². The first-order chi connectivity index (χ1) is 8.63. The summed E-state index contributed by atoms with van der Waals surface area (Å²) >= 11 is 7.30. The molecule has 0 saturated carbocycles. The summed E-state index contributed by atoms with van der Waals surface area (Å²) in [6, 6.07) is 2.77. The number of nitrogens with one attached hydrogen (secondary N) is 1. The summed E-state index contributed by atoms with van der Waals surface area (Å²) < 4.78 is 14.2. The van der Waals surface area contributed by atoms with Gasteiger partial charge in [-0.2, -0.15) is 5.26 Å². The number of carbonyl (C=O) groups excluding carboxylic acids is 1. The van der Waals surface area contributed by atoms with Crippen LogP contribution in [0.5, 0.6) is 0 Å². The molecule has 0 aliphatic carbocycles. The number of nitrogens with zero attached hydrogens (tertiary/aromatic N) is 2. The van der Waals surface area contributed by atoms with E-state index in [4.69, 9.17) is 16.9 Å². The van der Waals surface area contributed by atoms with E-state index in [1.807, 2.05) is 5.40 Å². The van der Waals surface area contributed by atoms with Crippen molar-refractivity contribution < 1.29 is 9.18 Å². The Morgan fingerprint density at radius 1 is 1.67 bits per heavy atom. The Bertz CT molecular complexity index is 652. The Labute approximate surface area is 115 Å². The maximum Gasteiger partial charge on any atom is 0.241 e. The van der Waals surface area contributed by atoms with Gasteiger partial charge in [0, 0.05) is 6.07 Å². The van der Waals surface area contributed by atoms with Crippen molar-refractivity contribution in [3.05, 3.63) is 17.9 Å². The maximum atomic E-state index is 13.5. The molecular formula is C10H5ClFN3OS2. The van der Waals surface area contributed by atoms with Gasteiger partial charge >= 0.3 is 0 Å². The molecule has 1 aromatic carbocycles. The molecule has 0 saturated heterocycles. The summed E-state index contributed by atoms with van der Waals surface area (Å²) in [7, 11) is 0. The highest BCUT2D eigenvalue weighted by Gasteiger charge is 2.11. The van der Waals surface area contributed by atoms with Gasteiger partial charge in [-0.25, -0.2) is 9.37 Å². The Morgan fingerprint density at radius 2 is 2.44 bits per heavy atom. The Hall–Kier alpha value is -1.36. The van der Waals surface area contributed by atoms with Crippen LogP contribution < -0.4 is 5.32 Å². The molecule has 0 unspecified atom stereocenters. The first kappa shape index (κ1) is 13.1. The molecule has 0 aliphatic rings. The zero-order chi connectivity index (χ0) is 13.1. The van der Waals surface area contributed by atoms with Gasteiger partial charge in [0.1, 0.15) is 17.1 Å². The number of nitriles is 1. The van der Waals surface area contributed by atoms with Crippen LogP contribution in [0.4, 0.5) is 9.52 Å². The molecule has 4 nitrogen and oxygen atoms in total. The molecule has 1 N–H and O–H groups in total. The third kappa shape index (κ3) is 2.72. The standard InChI is InChI=1S/C10H5ClFN3OS2/c11-3-9(16)15-10-14-6-1-5(12)7(17-4-13)2-8(6)18-10/h1-2H,3H2,(H,14,15,16). The number of halogens is 2. The lowest BCUT2D eigenvalue weighted by Crippen LogP contribution is -2.11. The van der Waals surface area contributed by atoms with Crippen molar-refractivity contribution in [2.75, 3.05) is 11.2 Å². The number of hydrogen-bond donors (Lipinski definition) is 1. The summed E-state index contributed by atoms with van der Waals surface area (Å²) in [5.74, 6) is -1.04. The first-order valence-corrected chi connectivity index (χ1v) is 6.82. The SMILES string of the molecule is N#CSc1cc2sc(NC(=O)CCl)nc2cc1F. The molecule has 1 aromatic heterocycles. The number of anilines is 1. The molecule has 2 aromatic rings. The predicted octanol–water partition coefficient (Wildman–Crippen LogP) is 3.19. The van der Waals surface area contributed by atoms with Gasteiger partial charge in [-0.3, -0.25) is 4.79 Å². The van der Waals surface area contributed by atoms with Gasteiger partial charge < -0.3 is 5.32 Å². The second-order valence-electron chi connectivity index (χ2n) is 3.14. The van der Waals surface area contributed by atoms with Gasteiger partial charge in [-0.15, -0.1) is 11.6 Å². The number of fused-ring (bicyclic) bond motifs is 1. The number of rotatable bonds is 3. The van der Waals surface area contributed by atoms with E-state index in [2.05, 4.69) is 10.3 Å². The summed E-state index contributed by atoms with van der Waals surface area (Å²) in [4.78, 5) is 15.4. The van der Waals surface area contributed by atoms with E-state index in [1.54, 1.807) is 0 Å². The highest BCUT2D eigenvalue weighted by Crippen LogP contribution is 2.31. The first-order valence-electron chi connectivity index (χ1n) is 4.66. The summed E-state index contributed by atoms with van der Waals surface area (Å²) in [5, 5.41) is 13.2. The van der Waals surface area contributed by atoms with E-state index in [1.165, 1.54) is 23.5 Å². The number of thioether (sulfide) groups is 1. The van der Waals surface area contributed by atoms with Gasteiger partial charge in [0.2, 0.25) is 5.91 Å². The number of alkyl halides is 1. The minimum Gasteiger partial charge on any atom is -0.301 e. The minimum absolute atomic E-state index is 0.167. The van der Waals surface area contributed by atoms with Gasteiger partial charge in [0.25, 0.3) is 0 Å². The Balaban J connectivity index is 2.39. The van der Waals surface area contributed by atoms with Crippen LogP contribution in [0.1, 0.15) is 0 Å². The van der Waals surface area contributed by atoms with E-state index >= 15 is 0 Å². The van der Waals surface area contributed by atoms with Crippen LogP contribution in [0.2, 0.25) is 0 Å². The lowest BCUT2D eigenvalue weighted by Gasteiger charge is -1.95. The molecule has 0 atom stereocenters. The van der Waals surface area contributed by atoms with Crippen molar-refractivity contribution in [2.24, 2.45) is 0 Å². The van der Waals surface area contributed by atoms with Crippen LogP contribution >= 0.6 is 34.7 Å². The minimum atomic E-state index is -0.505. The van der Waals surface area contributed by atoms with Crippen LogP contribution in [0.15, 0.2) is 17.0 Å². The number of carbonyl (C=O) groups is 1. The quantitative estimate of drug-likeness (QED) is 0.537. The van der Waals surface area contributed by atoms with Crippen LogP contribution in [0.3, 0.4) is 0 Å². The maximum absolute atomic E-state index is 13.5. The lowest BCUT2D eigenvalue weighted by atomic mass is 10.3. The molecule has 92 valence electrons. The zero-order valence-corrected chi connectivity index (χ0v) is 11.1.